The van der Waals surface area contributed by atoms with Gasteiger partial charge in [-0.1, -0.05) is 23.5 Å². The number of nitrogens with one attached hydrogen (secondary N) is 1. The van der Waals surface area contributed by atoms with Gasteiger partial charge in [0, 0.05) is 27.2 Å². The van der Waals surface area contributed by atoms with Crippen LogP contribution in [0.4, 0.5) is 16.5 Å². The Hall–Kier alpha value is -2.15. The van der Waals surface area contributed by atoms with Crippen LogP contribution in [0, 0.1) is 0 Å². The van der Waals surface area contributed by atoms with E-state index in [0.717, 1.165) is 17.9 Å². The molecular weight excluding hydrogens is 274 g/mol. The van der Waals surface area contributed by atoms with Crippen LogP contribution in [0.15, 0.2) is 24.3 Å². The van der Waals surface area contributed by atoms with Gasteiger partial charge in [0.1, 0.15) is 0 Å². The first-order valence-electron chi connectivity index (χ1n) is 6.34. The number of anilines is 3. The maximum Gasteiger partial charge on any atom is 0.289 e. The summed E-state index contributed by atoms with van der Waals surface area (Å²) in [6.07, 6.45) is 0. The van der Waals surface area contributed by atoms with E-state index in [1.54, 1.807) is 11.9 Å². The van der Waals surface area contributed by atoms with Crippen molar-refractivity contribution in [2.75, 3.05) is 42.3 Å². The summed E-state index contributed by atoms with van der Waals surface area (Å²) in [6, 6.07) is 7.90. The fourth-order valence-electron chi connectivity index (χ4n) is 2.24. The monoisotopic (exact) mass is 289 g/mol. The lowest BCUT2D eigenvalue weighted by molar-refractivity contribution is 0.0985. The topological polar surface area (TPSA) is 61.4 Å². The lowest BCUT2D eigenvalue weighted by Crippen LogP contribution is -2.42. The van der Waals surface area contributed by atoms with E-state index in [9.17, 15) is 4.79 Å². The van der Waals surface area contributed by atoms with Gasteiger partial charge in [-0.2, -0.15) is 0 Å². The fraction of sp³-hybridized carbons (Fsp3) is 0.308. The van der Waals surface area contributed by atoms with Crippen molar-refractivity contribution in [3.63, 3.8) is 0 Å². The number of para-hydroxylation sites is 2. The highest BCUT2D eigenvalue weighted by Crippen LogP contribution is 2.33. The van der Waals surface area contributed by atoms with Gasteiger partial charge in [-0.15, -0.1) is 10.2 Å². The van der Waals surface area contributed by atoms with E-state index in [0.29, 0.717) is 16.7 Å². The van der Waals surface area contributed by atoms with Crippen LogP contribution in [-0.4, -0.2) is 43.3 Å². The number of hydrogen-bond donors (Lipinski definition) is 1. The van der Waals surface area contributed by atoms with Gasteiger partial charge in [-0.05, 0) is 12.1 Å². The number of carbonyl (C=O) groups excluding carboxylic acids is 1. The minimum absolute atomic E-state index is 0.0930. The molecule has 1 aromatic carbocycles. The van der Waals surface area contributed by atoms with E-state index in [2.05, 4.69) is 20.4 Å². The molecule has 0 unspecified atom stereocenters. The number of hydrogen-bond acceptors (Lipinski definition) is 6. The molecule has 0 bridgehead atoms. The quantitative estimate of drug-likeness (QED) is 0.911. The Morgan fingerprint density at radius 1 is 1.25 bits per heavy atom. The van der Waals surface area contributed by atoms with Crippen molar-refractivity contribution in [1.82, 2.24) is 10.2 Å². The Bertz CT molecular complexity index is 641. The number of benzene rings is 1. The number of amides is 1. The van der Waals surface area contributed by atoms with Crippen molar-refractivity contribution in [3.8, 4) is 0 Å². The maximum atomic E-state index is 12.6. The number of carbonyl (C=O) groups is 1. The molecule has 104 valence electrons. The smallest absolute Gasteiger partial charge is 0.289 e. The third kappa shape index (κ3) is 2.09. The third-order valence-electron chi connectivity index (χ3n) is 3.31. The molecule has 0 atom stereocenters. The van der Waals surface area contributed by atoms with Crippen LogP contribution in [0.5, 0.6) is 0 Å². The molecule has 6 nitrogen and oxygen atoms in total. The first-order valence-corrected chi connectivity index (χ1v) is 7.15. The molecule has 0 aliphatic carbocycles. The molecule has 20 heavy (non-hydrogen) atoms. The summed E-state index contributed by atoms with van der Waals surface area (Å²) in [4.78, 5) is 16.5. The first kappa shape index (κ1) is 12.9. The van der Waals surface area contributed by atoms with Gasteiger partial charge in [0.15, 0.2) is 0 Å². The highest BCUT2D eigenvalue weighted by Gasteiger charge is 2.27. The summed E-state index contributed by atoms with van der Waals surface area (Å²) in [7, 11) is 3.80. The Balaban J connectivity index is 1.95. The molecular formula is C13H15N5OS. The Morgan fingerprint density at radius 2 is 2.00 bits per heavy atom. The van der Waals surface area contributed by atoms with Gasteiger partial charge in [0.2, 0.25) is 10.1 Å². The van der Waals surface area contributed by atoms with Crippen molar-refractivity contribution in [3.05, 3.63) is 29.3 Å². The van der Waals surface area contributed by atoms with Crippen molar-refractivity contribution >= 4 is 33.8 Å². The lowest BCUT2D eigenvalue weighted by Gasteiger charge is -2.35. The summed E-state index contributed by atoms with van der Waals surface area (Å²) >= 11 is 1.27. The second kappa shape index (κ2) is 5.09. The maximum absolute atomic E-state index is 12.6. The molecule has 1 N–H and O–H groups in total. The number of likely N-dealkylation sites (N-methyl/N-ethyl adjacent to an activating group) is 1. The van der Waals surface area contributed by atoms with Gasteiger partial charge in [-0.25, -0.2) is 0 Å². The second-order valence-corrected chi connectivity index (χ2v) is 5.51. The van der Waals surface area contributed by atoms with Gasteiger partial charge in [-0.3, -0.25) is 4.79 Å². The molecule has 1 aromatic heterocycles. The Kier molecular flexibility index (Phi) is 3.27. The van der Waals surface area contributed by atoms with Crippen molar-refractivity contribution in [2.24, 2.45) is 0 Å². The van der Waals surface area contributed by atoms with Crippen LogP contribution >= 0.6 is 11.3 Å². The van der Waals surface area contributed by atoms with Crippen LogP contribution in [0.3, 0.4) is 0 Å². The van der Waals surface area contributed by atoms with Crippen molar-refractivity contribution < 1.29 is 4.79 Å². The first-order chi connectivity index (χ1) is 9.70. The van der Waals surface area contributed by atoms with Gasteiger partial charge < -0.3 is 15.1 Å². The number of fused-ring (bicyclic) bond motifs is 1. The van der Waals surface area contributed by atoms with E-state index in [1.165, 1.54) is 11.3 Å². The summed E-state index contributed by atoms with van der Waals surface area (Å²) in [5.41, 5.74) is 1.98. The summed E-state index contributed by atoms with van der Waals surface area (Å²) in [5, 5.41) is 11.8. The molecule has 2 aromatic rings. The van der Waals surface area contributed by atoms with Crippen molar-refractivity contribution in [2.45, 2.75) is 0 Å². The predicted molar refractivity (Wildman–Crippen MR) is 80.8 cm³/mol. The van der Waals surface area contributed by atoms with Crippen LogP contribution in [0.25, 0.3) is 0 Å². The molecule has 3 rings (SSSR count). The largest absolute Gasteiger partial charge is 0.371 e. The molecule has 0 saturated heterocycles. The highest BCUT2D eigenvalue weighted by molar-refractivity contribution is 7.17. The van der Waals surface area contributed by atoms with Crippen LogP contribution < -0.4 is 15.1 Å². The molecule has 0 fully saturated rings. The molecule has 1 amide bonds. The summed E-state index contributed by atoms with van der Waals surface area (Å²) < 4.78 is 0. The Labute approximate surface area is 121 Å². The minimum Gasteiger partial charge on any atom is -0.371 e. The number of rotatable bonds is 2. The average molecular weight is 289 g/mol. The summed E-state index contributed by atoms with van der Waals surface area (Å²) in [5.74, 6) is -0.0930. The minimum atomic E-state index is -0.0930. The third-order valence-corrected chi connectivity index (χ3v) is 4.24. The lowest BCUT2D eigenvalue weighted by atomic mass is 10.1. The molecule has 1 aliphatic heterocycles. The zero-order valence-corrected chi connectivity index (χ0v) is 12.1. The van der Waals surface area contributed by atoms with Gasteiger partial charge in [0.05, 0.1) is 11.4 Å². The predicted octanol–water partition coefficient (Wildman–Crippen LogP) is 1.68. The fourth-order valence-corrected chi connectivity index (χ4v) is 2.89. The molecule has 1 aliphatic rings. The molecule has 0 saturated carbocycles. The normalized spacial score (nSPS) is 14.1. The Morgan fingerprint density at radius 3 is 2.70 bits per heavy atom. The van der Waals surface area contributed by atoms with Crippen LogP contribution in [0.1, 0.15) is 9.80 Å². The van der Waals surface area contributed by atoms with E-state index >= 15 is 0 Å². The summed E-state index contributed by atoms with van der Waals surface area (Å²) in [6.45, 7) is 1.46. The standard InChI is InChI=1S/C13H15N5OS/c1-14-13-16-15-11(20-13)12(19)18-8-7-17(2)9-5-3-4-6-10(9)18/h3-6H,7-8H2,1-2H3,(H,14,16). The molecule has 2 heterocycles. The van der Waals surface area contributed by atoms with E-state index < -0.39 is 0 Å². The number of aromatic nitrogens is 2. The highest BCUT2D eigenvalue weighted by atomic mass is 32.1. The molecule has 0 radical (unpaired) electrons. The van der Waals surface area contributed by atoms with Crippen LogP contribution in [-0.2, 0) is 0 Å². The van der Waals surface area contributed by atoms with Crippen LogP contribution in [0.2, 0.25) is 0 Å². The SMILES string of the molecule is CNc1nnc(C(=O)N2CCN(C)c3ccccc32)s1. The molecule has 0 spiro atoms. The second-order valence-electron chi connectivity index (χ2n) is 4.53. The van der Waals surface area contributed by atoms with Crippen molar-refractivity contribution in [1.29, 1.82) is 0 Å². The zero-order valence-electron chi connectivity index (χ0n) is 11.3. The van der Waals surface area contributed by atoms with E-state index in [1.807, 2.05) is 31.3 Å². The van der Waals surface area contributed by atoms with Gasteiger partial charge in [0.25, 0.3) is 5.91 Å². The van der Waals surface area contributed by atoms with E-state index in [4.69, 9.17) is 0 Å². The zero-order chi connectivity index (χ0) is 14.1. The number of nitrogens with zero attached hydrogens (tertiary/aromatic N) is 4. The average Bonchev–Trinajstić information content (AvgIpc) is 2.96. The molecule has 7 heteroatoms. The van der Waals surface area contributed by atoms with Gasteiger partial charge >= 0.3 is 0 Å². The van der Waals surface area contributed by atoms with E-state index in [-0.39, 0.29) is 5.91 Å².